The normalized spacial score (nSPS) is 15.9. The molecule has 8 nitrogen and oxygen atoms in total. The van der Waals surface area contributed by atoms with E-state index in [0.29, 0.717) is 57.2 Å². The zero-order valence-corrected chi connectivity index (χ0v) is 20.7. The standard InChI is InChI=1S/C22H31F3N6O2S/c1-5-29(6-2)20-13-18(22(23,24)25)8-7-17(20)15-28-9-11-30(12-10-28)21(32)31-16-19(14-26-31)27(3)34(4)33/h7-8,13-14,16H,5-6,9-12,15H2,1-4H3. The number of carbonyl (C=O) groups is 1. The predicted molar refractivity (Wildman–Crippen MR) is 127 cm³/mol. The van der Waals surface area contributed by atoms with E-state index in [4.69, 9.17) is 0 Å². The topological polar surface area (TPSA) is 64.9 Å². The number of anilines is 2. The van der Waals surface area contributed by atoms with Gasteiger partial charge in [-0.25, -0.2) is 9.00 Å². The smallest absolute Gasteiger partial charge is 0.372 e. The highest BCUT2D eigenvalue weighted by Crippen LogP contribution is 2.34. The van der Waals surface area contributed by atoms with Crippen LogP contribution in [0.4, 0.5) is 29.3 Å². The van der Waals surface area contributed by atoms with Crippen molar-refractivity contribution < 1.29 is 22.2 Å². The van der Waals surface area contributed by atoms with Crippen LogP contribution in [0.1, 0.15) is 25.0 Å². The summed E-state index contributed by atoms with van der Waals surface area (Å²) in [5.74, 6) is 0. The molecular formula is C22H31F3N6O2S. The molecule has 12 heteroatoms. The summed E-state index contributed by atoms with van der Waals surface area (Å²) in [7, 11) is 0.440. The Bertz CT molecular complexity index is 1020. The molecule has 0 bridgehead atoms. The van der Waals surface area contributed by atoms with E-state index >= 15 is 0 Å². The van der Waals surface area contributed by atoms with Crippen molar-refractivity contribution in [3.05, 3.63) is 41.7 Å². The van der Waals surface area contributed by atoms with Gasteiger partial charge in [0.05, 0.1) is 23.6 Å². The van der Waals surface area contributed by atoms with Gasteiger partial charge in [-0.15, -0.1) is 0 Å². The lowest BCUT2D eigenvalue weighted by Crippen LogP contribution is -2.49. The summed E-state index contributed by atoms with van der Waals surface area (Å²) in [5.41, 5.74) is 1.37. The summed E-state index contributed by atoms with van der Waals surface area (Å²) in [5, 5.41) is 4.10. The Kier molecular flexibility index (Phi) is 8.24. The van der Waals surface area contributed by atoms with Crippen LogP contribution in [0.2, 0.25) is 0 Å². The number of piperazine rings is 1. The van der Waals surface area contributed by atoms with E-state index in [1.165, 1.54) is 21.3 Å². The second kappa shape index (κ2) is 10.8. The Morgan fingerprint density at radius 3 is 2.35 bits per heavy atom. The Morgan fingerprint density at radius 2 is 1.79 bits per heavy atom. The molecule has 2 aromatic rings. The third kappa shape index (κ3) is 5.90. The zero-order valence-electron chi connectivity index (χ0n) is 19.9. The average molecular weight is 501 g/mol. The number of nitrogens with zero attached hydrogens (tertiary/aromatic N) is 6. The van der Waals surface area contributed by atoms with Crippen molar-refractivity contribution in [1.82, 2.24) is 19.6 Å². The largest absolute Gasteiger partial charge is 0.416 e. The van der Waals surface area contributed by atoms with Gasteiger partial charge in [0, 0.05) is 64.8 Å². The number of carbonyl (C=O) groups excluding carboxylic acids is 1. The minimum atomic E-state index is -4.39. The molecule has 1 aliphatic heterocycles. The first-order valence-corrected chi connectivity index (χ1v) is 12.6. The van der Waals surface area contributed by atoms with Crippen LogP contribution >= 0.6 is 0 Å². The second-order valence-electron chi connectivity index (χ2n) is 8.12. The number of rotatable bonds is 7. The molecule has 1 saturated heterocycles. The fourth-order valence-electron chi connectivity index (χ4n) is 3.94. The molecule has 1 unspecified atom stereocenters. The van der Waals surface area contributed by atoms with Crippen molar-refractivity contribution in [1.29, 1.82) is 0 Å². The van der Waals surface area contributed by atoms with Crippen molar-refractivity contribution in [2.75, 3.05) is 61.8 Å². The zero-order chi connectivity index (χ0) is 25.0. The maximum absolute atomic E-state index is 13.3. The van der Waals surface area contributed by atoms with Crippen molar-refractivity contribution in [2.45, 2.75) is 26.6 Å². The SMILES string of the molecule is CCN(CC)c1cc(C(F)(F)F)ccc1CN1CCN(C(=O)n2cc(N(C)S(C)=O)cn2)CC1. The first-order chi connectivity index (χ1) is 16.0. The minimum absolute atomic E-state index is 0.264. The van der Waals surface area contributed by atoms with Crippen LogP contribution < -0.4 is 9.21 Å². The Morgan fingerprint density at radius 1 is 1.15 bits per heavy atom. The summed E-state index contributed by atoms with van der Waals surface area (Å²) in [6, 6.07) is 3.67. The fourth-order valence-corrected chi connectivity index (χ4v) is 4.34. The number of alkyl halides is 3. The number of hydrogen-bond donors (Lipinski definition) is 0. The van der Waals surface area contributed by atoms with E-state index in [-0.39, 0.29) is 6.03 Å². The predicted octanol–water partition coefficient (Wildman–Crippen LogP) is 3.26. The van der Waals surface area contributed by atoms with Gasteiger partial charge in [0.2, 0.25) is 0 Å². The summed E-state index contributed by atoms with van der Waals surface area (Å²) < 4.78 is 54.2. The molecule has 1 amide bonds. The first-order valence-electron chi connectivity index (χ1n) is 11.1. The van der Waals surface area contributed by atoms with Crippen LogP contribution in [0.25, 0.3) is 0 Å². The first kappa shape index (κ1) is 26.0. The molecule has 1 aromatic carbocycles. The Hall–Kier alpha value is -2.60. The molecule has 3 rings (SSSR count). The van der Waals surface area contributed by atoms with Gasteiger partial charge < -0.3 is 9.80 Å². The summed E-state index contributed by atoms with van der Waals surface area (Å²) >= 11 is 0. The summed E-state index contributed by atoms with van der Waals surface area (Å²) in [6.45, 7) is 7.72. The fraction of sp³-hybridized carbons (Fsp3) is 0.545. The monoisotopic (exact) mass is 500 g/mol. The quantitative estimate of drug-likeness (QED) is 0.584. The van der Waals surface area contributed by atoms with Crippen LogP contribution in [0.5, 0.6) is 0 Å². The van der Waals surface area contributed by atoms with E-state index in [2.05, 4.69) is 10.00 Å². The van der Waals surface area contributed by atoms with Gasteiger partial charge in [-0.05, 0) is 31.5 Å². The number of aromatic nitrogens is 2. The number of halogens is 3. The molecule has 2 heterocycles. The van der Waals surface area contributed by atoms with Crippen molar-refractivity contribution in [3.63, 3.8) is 0 Å². The van der Waals surface area contributed by atoms with Gasteiger partial charge in [0.15, 0.2) is 0 Å². The van der Waals surface area contributed by atoms with Crippen molar-refractivity contribution in [2.24, 2.45) is 0 Å². The maximum Gasteiger partial charge on any atom is 0.416 e. The third-order valence-corrected chi connectivity index (χ3v) is 7.05. The third-order valence-electron chi connectivity index (χ3n) is 6.07. The maximum atomic E-state index is 13.3. The molecule has 0 saturated carbocycles. The van der Waals surface area contributed by atoms with E-state index < -0.39 is 22.7 Å². The lowest BCUT2D eigenvalue weighted by molar-refractivity contribution is -0.137. The van der Waals surface area contributed by atoms with Gasteiger partial charge in [-0.2, -0.15) is 23.0 Å². The van der Waals surface area contributed by atoms with Gasteiger partial charge in [0.25, 0.3) is 0 Å². The second-order valence-corrected chi connectivity index (χ2v) is 9.52. The van der Waals surface area contributed by atoms with Crippen LogP contribution in [0.3, 0.4) is 0 Å². The highest BCUT2D eigenvalue weighted by molar-refractivity contribution is 7.85. The summed E-state index contributed by atoms with van der Waals surface area (Å²) in [4.78, 5) is 18.6. The van der Waals surface area contributed by atoms with E-state index in [1.807, 2.05) is 18.7 Å². The molecule has 0 N–H and O–H groups in total. The highest BCUT2D eigenvalue weighted by atomic mass is 32.2. The van der Waals surface area contributed by atoms with Gasteiger partial charge >= 0.3 is 12.2 Å². The molecule has 0 radical (unpaired) electrons. The average Bonchev–Trinajstić information content (AvgIpc) is 3.29. The van der Waals surface area contributed by atoms with Crippen LogP contribution in [0, 0.1) is 0 Å². The molecular weight excluding hydrogens is 469 g/mol. The number of hydrogen-bond acceptors (Lipinski definition) is 5. The van der Waals surface area contributed by atoms with Crippen molar-refractivity contribution >= 4 is 28.4 Å². The molecule has 188 valence electrons. The van der Waals surface area contributed by atoms with Gasteiger partial charge in [0.1, 0.15) is 11.0 Å². The Labute approximate surface area is 200 Å². The van der Waals surface area contributed by atoms with Gasteiger partial charge in [-0.1, -0.05) is 6.07 Å². The van der Waals surface area contributed by atoms with Crippen LogP contribution in [-0.2, 0) is 23.7 Å². The highest BCUT2D eigenvalue weighted by Gasteiger charge is 2.32. The molecule has 0 spiro atoms. The molecule has 1 aliphatic rings. The lowest BCUT2D eigenvalue weighted by atomic mass is 10.1. The molecule has 0 aliphatic carbocycles. The minimum Gasteiger partial charge on any atom is -0.372 e. The molecule has 34 heavy (non-hydrogen) atoms. The molecule has 1 fully saturated rings. The number of amides is 1. The lowest BCUT2D eigenvalue weighted by Gasteiger charge is -2.35. The van der Waals surface area contributed by atoms with E-state index in [9.17, 15) is 22.2 Å². The number of benzene rings is 1. The summed E-state index contributed by atoms with van der Waals surface area (Å²) in [6.07, 6.45) is 0.198. The van der Waals surface area contributed by atoms with E-state index in [1.54, 1.807) is 30.5 Å². The molecule has 1 atom stereocenters. The molecule has 1 aromatic heterocycles. The van der Waals surface area contributed by atoms with Gasteiger partial charge in [-0.3, -0.25) is 9.21 Å². The van der Waals surface area contributed by atoms with Crippen LogP contribution in [-0.4, -0.2) is 82.4 Å². The van der Waals surface area contributed by atoms with E-state index in [0.717, 1.165) is 11.6 Å². The Balaban J connectivity index is 1.67. The van der Waals surface area contributed by atoms with Crippen molar-refractivity contribution in [3.8, 4) is 0 Å². The van der Waals surface area contributed by atoms with Crippen LogP contribution in [0.15, 0.2) is 30.6 Å².